The third-order valence-corrected chi connectivity index (χ3v) is 17.0. The van der Waals surface area contributed by atoms with Gasteiger partial charge >= 0.3 is 0 Å². The Morgan fingerprint density at radius 1 is 0.593 bits per heavy atom. The Bertz CT molecular complexity index is 4590. The molecular weight excluding hydrogens is 723 g/mol. The quantitative estimate of drug-likeness (QED) is 0.103. The number of hydrogen-bond donors (Lipinski definition) is 0. The zero-order valence-electron chi connectivity index (χ0n) is 31.8. The van der Waals surface area contributed by atoms with Crippen molar-refractivity contribution >= 4 is 147 Å². The number of nitro groups is 1. The van der Waals surface area contributed by atoms with E-state index in [1.54, 1.807) is 22.9 Å². The Hall–Kier alpha value is -7.11. The standard InChI is InChI=1S/C54H25N3O2/c1-18-7-19(2)9-26(8-18)53-51-30-16-25-14-22-12-23-11-20-10-21-13-24-15-27-17-54(51,56(55-53)28-3-5-29(6-4-28)57(58)59)52-37(27)42-36(24)41-32(21)31(20)39-35(23)40-33(22)34(25)43-38(30)50(52)49-47(42)45(41)44(39)46(40)48(43)49/h3-13,15,51H,14,16-17H2,1-2H3. The first-order valence-electron chi connectivity index (χ1n) is 21.1. The summed E-state index contributed by atoms with van der Waals surface area (Å²) in [4.78, 5) is 11.7. The predicted octanol–water partition coefficient (Wildman–Crippen LogP) is 11.4. The molecule has 0 saturated carbocycles. The molecule has 2 unspecified atom stereocenters. The van der Waals surface area contributed by atoms with Crippen molar-refractivity contribution in [3.8, 4) is 0 Å². The Labute approximate surface area is 331 Å². The second-order valence-corrected chi connectivity index (χ2v) is 19.4. The number of nitro benzene ring substituents is 1. The average Bonchev–Trinajstić information content (AvgIpc) is 4.07. The molecule has 0 aromatic heterocycles. The molecule has 14 aromatic rings. The van der Waals surface area contributed by atoms with Crippen LogP contribution in [0.5, 0.6) is 0 Å². The van der Waals surface area contributed by atoms with Gasteiger partial charge in [-0.2, -0.15) is 5.10 Å². The third kappa shape index (κ3) is 2.30. The van der Waals surface area contributed by atoms with Gasteiger partial charge in [-0.15, -0.1) is 0 Å². The van der Waals surface area contributed by atoms with E-state index in [9.17, 15) is 10.1 Å². The first-order chi connectivity index (χ1) is 28.9. The van der Waals surface area contributed by atoms with Gasteiger partial charge in [0.2, 0.25) is 0 Å². The lowest BCUT2D eigenvalue weighted by molar-refractivity contribution is -0.384. The van der Waals surface area contributed by atoms with Crippen LogP contribution in [0.4, 0.5) is 11.4 Å². The van der Waals surface area contributed by atoms with Gasteiger partial charge in [0.05, 0.1) is 22.2 Å². The van der Waals surface area contributed by atoms with Crippen molar-refractivity contribution in [3.63, 3.8) is 0 Å². The molecule has 4 aliphatic carbocycles. The number of benzene rings is 10. The topological polar surface area (TPSA) is 58.7 Å². The molecule has 2 atom stereocenters. The van der Waals surface area contributed by atoms with Crippen LogP contribution in [0.1, 0.15) is 39.8 Å². The van der Waals surface area contributed by atoms with Crippen LogP contribution < -0.4 is 15.4 Å². The van der Waals surface area contributed by atoms with Gasteiger partial charge in [-0.05, 0) is 214 Å². The van der Waals surface area contributed by atoms with Crippen LogP contribution in [0.2, 0.25) is 0 Å². The van der Waals surface area contributed by atoms with E-state index in [-0.39, 0.29) is 16.5 Å². The largest absolute Gasteiger partial charge is 0.269 e. The van der Waals surface area contributed by atoms with Crippen LogP contribution in [-0.4, -0.2) is 10.6 Å². The van der Waals surface area contributed by atoms with Crippen LogP contribution in [0.15, 0.2) is 77.9 Å². The van der Waals surface area contributed by atoms with E-state index in [1.807, 2.05) is 12.1 Å². The second kappa shape index (κ2) is 7.62. The van der Waals surface area contributed by atoms with Crippen LogP contribution in [0.25, 0.3) is 130 Å². The number of anilines is 1. The lowest BCUT2D eigenvalue weighted by Gasteiger charge is -2.44. The smallest absolute Gasteiger partial charge is 0.258 e. The van der Waals surface area contributed by atoms with Gasteiger partial charge in [-0.1, -0.05) is 47.0 Å². The summed E-state index contributed by atoms with van der Waals surface area (Å²) in [6, 6.07) is 26.9. The van der Waals surface area contributed by atoms with Crippen LogP contribution in [0.3, 0.4) is 0 Å². The van der Waals surface area contributed by atoms with Crippen molar-refractivity contribution in [1.82, 2.24) is 0 Å². The maximum atomic E-state index is 12.0. The molecule has 0 bridgehead atoms. The van der Waals surface area contributed by atoms with Crippen LogP contribution in [0, 0.1) is 29.9 Å². The normalized spacial score (nSPS) is 20.9. The van der Waals surface area contributed by atoms with Crippen molar-refractivity contribution in [2.24, 2.45) is 11.0 Å². The minimum Gasteiger partial charge on any atom is -0.258 e. The number of hydrazone groups is 1. The molecule has 0 N–H and O–H groups in total. The van der Waals surface area contributed by atoms with Crippen molar-refractivity contribution in [2.45, 2.75) is 38.6 Å². The maximum Gasteiger partial charge on any atom is 0.269 e. The van der Waals surface area contributed by atoms with E-state index in [0.717, 1.165) is 30.7 Å². The lowest BCUT2D eigenvalue weighted by atomic mass is 9.65. The van der Waals surface area contributed by atoms with Crippen LogP contribution >= 0.6 is 0 Å². The molecule has 0 fully saturated rings. The number of fused-ring (bicyclic) bond motifs is 1. The van der Waals surface area contributed by atoms with Gasteiger partial charge in [0.25, 0.3) is 5.69 Å². The Balaban J connectivity index is 1.14. The van der Waals surface area contributed by atoms with Crippen molar-refractivity contribution < 1.29 is 4.92 Å². The molecule has 0 saturated heterocycles. The van der Waals surface area contributed by atoms with Gasteiger partial charge in [0.1, 0.15) is 5.54 Å². The lowest BCUT2D eigenvalue weighted by Crippen LogP contribution is -2.50. The predicted molar refractivity (Wildman–Crippen MR) is 241 cm³/mol. The summed E-state index contributed by atoms with van der Waals surface area (Å²) in [6.45, 7) is 4.41. The first-order valence-corrected chi connectivity index (χ1v) is 21.1. The number of rotatable bonds is 3. The van der Waals surface area contributed by atoms with Gasteiger partial charge in [0.15, 0.2) is 0 Å². The number of non-ortho nitro benzene ring substituents is 1. The molecule has 1 heterocycles. The molecule has 0 radical (unpaired) electrons. The first kappa shape index (κ1) is 27.5. The summed E-state index contributed by atoms with van der Waals surface area (Å²) in [5.41, 5.74) is 12.8. The molecule has 5 nitrogen and oxygen atoms in total. The highest BCUT2D eigenvalue weighted by Gasteiger charge is 2.61. The van der Waals surface area contributed by atoms with E-state index in [1.165, 1.54) is 163 Å². The third-order valence-electron chi connectivity index (χ3n) is 17.0. The summed E-state index contributed by atoms with van der Waals surface area (Å²) in [6.07, 6.45) is 2.76. The highest BCUT2D eigenvalue weighted by atomic mass is 16.6. The number of aryl methyl sites for hydroxylation is 2. The molecule has 0 amide bonds. The summed E-state index contributed by atoms with van der Waals surface area (Å²) in [5.74, 6) is -0.00457. The molecule has 1 aliphatic heterocycles. The Morgan fingerprint density at radius 2 is 1.15 bits per heavy atom. The number of hydrogen-bond acceptors (Lipinski definition) is 4. The molecule has 59 heavy (non-hydrogen) atoms. The van der Waals surface area contributed by atoms with Crippen molar-refractivity contribution in [1.29, 1.82) is 0 Å². The molecule has 5 heteroatoms. The maximum absolute atomic E-state index is 12.0. The minimum absolute atomic E-state index is 0.00457. The second-order valence-electron chi connectivity index (χ2n) is 19.4. The summed E-state index contributed by atoms with van der Waals surface area (Å²) >= 11 is 0. The number of nitrogens with zero attached hydrogens (tertiary/aromatic N) is 3. The van der Waals surface area contributed by atoms with E-state index in [2.05, 4.69) is 67.4 Å². The fourth-order valence-electron chi connectivity index (χ4n) is 15.8. The van der Waals surface area contributed by atoms with Gasteiger partial charge in [-0.3, -0.25) is 15.1 Å². The highest BCUT2D eigenvalue weighted by molar-refractivity contribution is 6.64. The molecule has 268 valence electrons. The highest BCUT2D eigenvalue weighted by Crippen LogP contribution is 2.68. The van der Waals surface area contributed by atoms with E-state index in [4.69, 9.17) is 5.10 Å². The molecular formula is C54H25N3O2. The van der Waals surface area contributed by atoms with Gasteiger partial charge in [-0.25, -0.2) is 0 Å². The monoisotopic (exact) mass is 747 g/mol. The van der Waals surface area contributed by atoms with Gasteiger partial charge in [0, 0.05) is 18.6 Å². The fraction of sp³-hybridized carbons (Fsp3) is 0.130. The Morgan fingerprint density at radius 3 is 1.83 bits per heavy atom. The molecule has 1 spiro atoms. The summed E-state index contributed by atoms with van der Waals surface area (Å²) in [5, 5.41) is 55.9. The molecule has 19 rings (SSSR count). The van der Waals surface area contributed by atoms with E-state index >= 15 is 0 Å². The molecule has 14 aromatic carbocycles. The zero-order chi connectivity index (χ0) is 37.8. The minimum atomic E-state index is -0.539. The summed E-state index contributed by atoms with van der Waals surface area (Å²) < 4.78 is 0. The van der Waals surface area contributed by atoms with E-state index in [0.29, 0.717) is 0 Å². The summed E-state index contributed by atoms with van der Waals surface area (Å²) in [7, 11) is 0. The zero-order valence-corrected chi connectivity index (χ0v) is 31.8. The van der Waals surface area contributed by atoms with Crippen molar-refractivity contribution in [3.05, 3.63) is 127 Å². The Kier molecular flexibility index (Phi) is 3.56. The van der Waals surface area contributed by atoms with Crippen LogP contribution in [-0.2, 0) is 18.4 Å². The van der Waals surface area contributed by atoms with Crippen molar-refractivity contribution in [2.75, 3.05) is 5.01 Å². The van der Waals surface area contributed by atoms with Gasteiger partial charge < -0.3 is 0 Å². The van der Waals surface area contributed by atoms with E-state index < -0.39 is 5.54 Å². The molecule has 5 aliphatic rings. The average molecular weight is 748 g/mol. The fourth-order valence-corrected chi connectivity index (χ4v) is 15.8. The SMILES string of the molecule is Cc1cc(C)cc(C2=NN(c3ccc([N+](=O)[O-])cc3)C34Cc5cc6cc7cc8cc9cc%10c%11c%12c%13c(c%14c3c5c3c6c5c7c8c6c9c%11c7c%13c%14c3c5c67)=C(CC=%12C%10)C24)c1.